The van der Waals surface area contributed by atoms with Gasteiger partial charge in [0.25, 0.3) is 5.97 Å². The highest BCUT2D eigenvalue weighted by Crippen LogP contribution is 2.15. The Morgan fingerprint density at radius 1 is 0.327 bits per heavy atom. The maximum Gasteiger partial charge on any atom is 0.300 e. The molecule has 0 aromatic rings. The maximum absolute atomic E-state index is 12.1. The minimum Gasteiger partial charge on any atom is -0.481 e. The summed E-state index contributed by atoms with van der Waals surface area (Å²) in [5.74, 6) is -0.450. The van der Waals surface area contributed by atoms with Crippen molar-refractivity contribution in [3.05, 3.63) is 0 Å². The minimum absolute atomic E-state index is 0.192. The summed E-state index contributed by atoms with van der Waals surface area (Å²) < 4.78 is 0. The van der Waals surface area contributed by atoms with Crippen LogP contribution in [0.5, 0.6) is 0 Å². The Morgan fingerprint density at radius 3 is 0.727 bits per heavy atom. The fourth-order valence-electron chi connectivity index (χ4n) is 6.80. The van der Waals surface area contributed by atoms with E-state index in [0.717, 1.165) is 59.0 Å². The van der Waals surface area contributed by atoms with Gasteiger partial charge in [-0.2, -0.15) is 0 Å². The van der Waals surface area contributed by atoms with Crippen LogP contribution in [-0.4, -0.2) is 75.2 Å². The molecule has 0 atom stereocenters. The van der Waals surface area contributed by atoms with Gasteiger partial charge in [0.05, 0.1) is 0 Å². The third-order valence-corrected chi connectivity index (χ3v) is 10.2. The van der Waals surface area contributed by atoms with E-state index in [9.17, 15) is 9.59 Å². The first kappa shape index (κ1) is 55.4. The second-order valence-corrected chi connectivity index (χ2v) is 15.9. The Labute approximate surface area is 341 Å². The SMILES string of the molecule is CC(=O)O.CCCCCCCCCCCCCCCCCC(=O)NCCNCCNCCNCCNC(=O)CCCCCCCCCCCCCCCCC. The first-order valence-corrected chi connectivity index (χ1v) is 23.8. The third kappa shape index (κ3) is 56.7. The molecule has 0 fully saturated rings. The highest BCUT2D eigenvalue weighted by molar-refractivity contribution is 5.76. The number of nitrogens with one attached hydrogen (secondary N) is 5. The van der Waals surface area contributed by atoms with Crippen LogP contribution in [0.1, 0.15) is 226 Å². The van der Waals surface area contributed by atoms with Crippen molar-refractivity contribution in [1.82, 2.24) is 26.6 Å². The standard InChI is InChI=1S/C44H91N5O2.C2H4O2/c1-3-5-7-9-11-13-15-17-19-21-23-25-27-29-31-33-43(50)48-41-39-46-37-35-45-36-38-47-40-42-49-44(51)34-32-30-28-26-24-22-20-18-16-14-12-10-8-6-4-2;1-2(3)4/h45-47H,3-42H2,1-2H3,(H,48,50)(H,49,51);1H3,(H,3,4). The first-order chi connectivity index (χ1) is 26.9. The number of amides is 2. The van der Waals surface area contributed by atoms with Gasteiger partial charge in [0.15, 0.2) is 0 Å². The molecule has 0 bridgehead atoms. The summed E-state index contributed by atoms with van der Waals surface area (Å²) in [6.07, 6.45) is 41.8. The number of aliphatic carboxylic acids is 1. The van der Waals surface area contributed by atoms with Crippen LogP contribution in [0.15, 0.2) is 0 Å². The molecule has 6 N–H and O–H groups in total. The van der Waals surface area contributed by atoms with Crippen molar-refractivity contribution in [2.75, 3.05) is 52.4 Å². The van der Waals surface area contributed by atoms with Gasteiger partial charge in [0.2, 0.25) is 11.8 Å². The zero-order chi connectivity index (χ0) is 40.6. The summed E-state index contributed by atoms with van der Waals surface area (Å²) in [5, 5.41) is 23.7. The van der Waals surface area contributed by atoms with Crippen molar-refractivity contribution in [2.45, 2.75) is 226 Å². The molecular formula is C46H95N5O4. The van der Waals surface area contributed by atoms with E-state index in [2.05, 4.69) is 40.4 Å². The van der Waals surface area contributed by atoms with Gasteiger partial charge in [0, 0.05) is 72.1 Å². The predicted molar refractivity (Wildman–Crippen MR) is 237 cm³/mol. The largest absolute Gasteiger partial charge is 0.481 e. The minimum atomic E-state index is -0.833. The van der Waals surface area contributed by atoms with E-state index in [1.807, 2.05) is 0 Å². The molecule has 328 valence electrons. The molecule has 0 heterocycles. The lowest BCUT2D eigenvalue weighted by Crippen LogP contribution is -2.37. The lowest BCUT2D eigenvalue weighted by molar-refractivity contribution is -0.134. The Bertz CT molecular complexity index is 725. The van der Waals surface area contributed by atoms with Gasteiger partial charge in [-0.25, -0.2) is 0 Å². The molecule has 0 saturated carbocycles. The van der Waals surface area contributed by atoms with E-state index in [1.165, 1.54) is 180 Å². The van der Waals surface area contributed by atoms with E-state index < -0.39 is 5.97 Å². The Kier molecular flexibility index (Phi) is 50.7. The van der Waals surface area contributed by atoms with Crippen LogP contribution < -0.4 is 26.6 Å². The molecule has 0 aliphatic heterocycles. The van der Waals surface area contributed by atoms with E-state index in [-0.39, 0.29) is 11.8 Å². The van der Waals surface area contributed by atoms with Gasteiger partial charge in [-0.15, -0.1) is 0 Å². The van der Waals surface area contributed by atoms with Crippen molar-refractivity contribution in [3.8, 4) is 0 Å². The monoisotopic (exact) mass is 782 g/mol. The number of carboxylic acid groups (broad SMARTS) is 1. The van der Waals surface area contributed by atoms with Gasteiger partial charge < -0.3 is 31.7 Å². The molecule has 0 spiro atoms. The summed E-state index contributed by atoms with van der Waals surface area (Å²) in [5.41, 5.74) is 0. The lowest BCUT2D eigenvalue weighted by Gasteiger charge is -2.09. The summed E-state index contributed by atoms with van der Waals surface area (Å²) in [6, 6.07) is 0. The van der Waals surface area contributed by atoms with Crippen LogP contribution in [0.25, 0.3) is 0 Å². The van der Waals surface area contributed by atoms with Crippen LogP contribution in [0.2, 0.25) is 0 Å². The number of unbranched alkanes of at least 4 members (excludes halogenated alkanes) is 28. The Morgan fingerprint density at radius 2 is 0.509 bits per heavy atom. The third-order valence-electron chi connectivity index (χ3n) is 10.2. The fraction of sp³-hybridized carbons (Fsp3) is 0.935. The van der Waals surface area contributed by atoms with E-state index in [0.29, 0.717) is 25.9 Å². The summed E-state index contributed by atoms with van der Waals surface area (Å²) >= 11 is 0. The molecule has 0 rings (SSSR count). The maximum atomic E-state index is 12.1. The average molecular weight is 782 g/mol. The van der Waals surface area contributed by atoms with Crippen LogP contribution in [0.3, 0.4) is 0 Å². The fourth-order valence-corrected chi connectivity index (χ4v) is 6.80. The quantitative estimate of drug-likeness (QED) is 0.0339. The lowest BCUT2D eigenvalue weighted by atomic mass is 10.0. The Balaban J connectivity index is 0. The van der Waals surface area contributed by atoms with Crippen molar-refractivity contribution in [2.24, 2.45) is 0 Å². The first-order valence-electron chi connectivity index (χ1n) is 23.8. The number of rotatable bonds is 44. The van der Waals surface area contributed by atoms with Crippen LogP contribution in [-0.2, 0) is 14.4 Å². The van der Waals surface area contributed by atoms with Gasteiger partial charge in [-0.1, -0.05) is 194 Å². The molecule has 0 aromatic heterocycles. The molecular weight excluding hydrogens is 687 g/mol. The highest BCUT2D eigenvalue weighted by atomic mass is 16.4. The average Bonchev–Trinajstić information content (AvgIpc) is 3.16. The van der Waals surface area contributed by atoms with Gasteiger partial charge in [-0.3, -0.25) is 14.4 Å². The molecule has 0 saturated heterocycles. The zero-order valence-corrected chi connectivity index (χ0v) is 37.0. The number of carboxylic acids is 1. The normalized spacial score (nSPS) is 11.0. The van der Waals surface area contributed by atoms with Gasteiger partial charge in [0.1, 0.15) is 0 Å². The predicted octanol–water partition coefficient (Wildman–Crippen LogP) is 10.6. The second kappa shape index (κ2) is 50.3. The summed E-state index contributed by atoms with van der Waals surface area (Å²) in [7, 11) is 0. The Hall–Kier alpha value is -1.71. The molecule has 0 unspecified atom stereocenters. The summed E-state index contributed by atoms with van der Waals surface area (Å²) in [6.45, 7) is 12.3. The van der Waals surface area contributed by atoms with Crippen LogP contribution in [0, 0.1) is 0 Å². The van der Waals surface area contributed by atoms with Crippen molar-refractivity contribution in [1.29, 1.82) is 0 Å². The molecule has 2 amide bonds. The van der Waals surface area contributed by atoms with Crippen molar-refractivity contribution in [3.63, 3.8) is 0 Å². The molecule has 0 aliphatic carbocycles. The highest BCUT2D eigenvalue weighted by Gasteiger charge is 2.02. The van der Waals surface area contributed by atoms with Gasteiger partial charge in [-0.05, 0) is 12.8 Å². The molecule has 9 nitrogen and oxygen atoms in total. The topological polar surface area (TPSA) is 132 Å². The van der Waals surface area contributed by atoms with Crippen molar-refractivity contribution >= 4 is 17.8 Å². The number of carbonyl (C=O) groups is 3. The van der Waals surface area contributed by atoms with E-state index in [4.69, 9.17) is 9.90 Å². The molecule has 55 heavy (non-hydrogen) atoms. The molecule has 0 aromatic carbocycles. The number of hydrogen-bond acceptors (Lipinski definition) is 6. The smallest absolute Gasteiger partial charge is 0.300 e. The van der Waals surface area contributed by atoms with Gasteiger partial charge >= 0.3 is 0 Å². The van der Waals surface area contributed by atoms with Crippen LogP contribution >= 0.6 is 0 Å². The van der Waals surface area contributed by atoms with E-state index in [1.54, 1.807) is 0 Å². The molecule has 9 heteroatoms. The number of hydrogen-bond donors (Lipinski definition) is 6. The number of carbonyl (C=O) groups excluding carboxylic acids is 2. The second-order valence-electron chi connectivity index (χ2n) is 15.9. The molecule has 0 radical (unpaired) electrons. The summed E-state index contributed by atoms with van der Waals surface area (Å²) in [4.78, 5) is 33.1. The van der Waals surface area contributed by atoms with Crippen LogP contribution in [0.4, 0.5) is 0 Å². The van der Waals surface area contributed by atoms with E-state index >= 15 is 0 Å². The zero-order valence-electron chi connectivity index (χ0n) is 37.0. The molecule has 0 aliphatic rings. The van der Waals surface area contributed by atoms with Crippen molar-refractivity contribution < 1.29 is 19.5 Å².